The van der Waals surface area contributed by atoms with E-state index in [0.717, 1.165) is 41.8 Å². The lowest BCUT2D eigenvalue weighted by Crippen LogP contribution is -2.19. The lowest BCUT2D eigenvalue weighted by molar-refractivity contribution is -0.140. The number of carbonyl (C=O) groups is 1. The Labute approximate surface area is 154 Å². The monoisotopic (exact) mass is 395 g/mol. The molecule has 140 valence electrons. The first-order chi connectivity index (χ1) is 12.8. The van der Waals surface area contributed by atoms with Crippen LogP contribution in [0.15, 0.2) is 41.5 Å². The van der Waals surface area contributed by atoms with E-state index in [4.69, 9.17) is 0 Å². The molecule has 0 radical (unpaired) electrons. The van der Waals surface area contributed by atoms with E-state index in [1.54, 1.807) is 12.3 Å². The minimum Gasteiger partial charge on any atom is -0.315 e. The maximum atomic E-state index is 14.2. The molecule has 0 atom stereocenters. The number of halogens is 4. The molecule has 4 rings (SSSR count). The zero-order valence-electron chi connectivity index (χ0n) is 13.8. The quantitative estimate of drug-likeness (QED) is 0.617. The smallest absolute Gasteiger partial charge is 0.315 e. The molecule has 2 aromatic heterocycles. The normalized spacial score (nSPS) is 15.5. The molecular weight excluding hydrogens is 382 g/mol. The molecule has 3 aromatic rings. The van der Waals surface area contributed by atoms with E-state index in [0.29, 0.717) is 28.2 Å². The fourth-order valence-electron chi connectivity index (χ4n) is 2.79. The van der Waals surface area contributed by atoms with Gasteiger partial charge < -0.3 is 4.57 Å². The third-order valence-corrected chi connectivity index (χ3v) is 5.33. The van der Waals surface area contributed by atoms with Gasteiger partial charge in [0.2, 0.25) is 0 Å². The van der Waals surface area contributed by atoms with Crippen LogP contribution in [0.1, 0.15) is 28.8 Å². The van der Waals surface area contributed by atoms with Crippen molar-refractivity contribution in [3.05, 3.63) is 58.3 Å². The molecule has 1 saturated carbocycles. The van der Waals surface area contributed by atoms with Crippen molar-refractivity contribution in [3.8, 4) is 0 Å². The van der Waals surface area contributed by atoms with Crippen LogP contribution in [0.5, 0.6) is 0 Å². The number of amides is 1. The van der Waals surface area contributed by atoms with Crippen molar-refractivity contribution < 1.29 is 22.4 Å². The second-order valence-electron chi connectivity index (χ2n) is 6.35. The highest BCUT2D eigenvalue weighted by molar-refractivity contribution is 7.15. The van der Waals surface area contributed by atoms with Gasteiger partial charge in [0.25, 0.3) is 5.91 Å². The molecule has 1 amide bonds. The average molecular weight is 395 g/mol. The van der Waals surface area contributed by atoms with Crippen LogP contribution >= 0.6 is 11.3 Å². The molecule has 27 heavy (non-hydrogen) atoms. The van der Waals surface area contributed by atoms with Gasteiger partial charge in [-0.1, -0.05) is 17.4 Å². The van der Waals surface area contributed by atoms with Crippen molar-refractivity contribution in [1.29, 1.82) is 0 Å². The molecule has 2 heterocycles. The number of nitrogens with zero attached hydrogens (tertiary/aromatic N) is 3. The number of benzene rings is 1. The molecule has 0 N–H and O–H groups in total. The van der Waals surface area contributed by atoms with Crippen molar-refractivity contribution in [2.45, 2.75) is 25.6 Å². The van der Waals surface area contributed by atoms with E-state index in [9.17, 15) is 22.4 Å². The molecule has 0 bridgehead atoms. The van der Waals surface area contributed by atoms with Crippen molar-refractivity contribution in [3.63, 3.8) is 0 Å². The van der Waals surface area contributed by atoms with Crippen molar-refractivity contribution in [2.24, 2.45) is 10.9 Å². The van der Waals surface area contributed by atoms with Crippen LogP contribution in [0.25, 0.3) is 10.3 Å². The first kappa shape index (κ1) is 17.8. The van der Waals surface area contributed by atoms with E-state index in [2.05, 4.69) is 9.98 Å². The lowest BCUT2D eigenvalue weighted by atomic mass is 10.1. The van der Waals surface area contributed by atoms with Crippen molar-refractivity contribution in [2.75, 3.05) is 0 Å². The van der Waals surface area contributed by atoms with E-state index in [1.807, 2.05) is 10.6 Å². The van der Waals surface area contributed by atoms with E-state index in [-0.39, 0.29) is 0 Å². The maximum absolute atomic E-state index is 14.2. The zero-order valence-corrected chi connectivity index (χ0v) is 14.6. The molecule has 1 aliphatic carbocycles. The fourth-order valence-corrected chi connectivity index (χ4v) is 3.77. The summed E-state index contributed by atoms with van der Waals surface area (Å²) in [5, 5.41) is 0. The molecule has 0 aliphatic heterocycles. The third-order valence-electron chi connectivity index (χ3n) is 4.33. The van der Waals surface area contributed by atoms with Crippen LogP contribution < -0.4 is 4.80 Å². The van der Waals surface area contributed by atoms with Gasteiger partial charge >= 0.3 is 6.18 Å². The topological polar surface area (TPSA) is 47.2 Å². The van der Waals surface area contributed by atoms with Crippen LogP contribution in [0, 0.1) is 11.7 Å². The number of alkyl halides is 3. The summed E-state index contributed by atoms with van der Waals surface area (Å²) in [6, 6.07) is 6.21. The Morgan fingerprint density at radius 3 is 2.74 bits per heavy atom. The summed E-state index contributed by atoms with van der Waals surface area (Å²) >= 11 is 1.15. The van der Waals surface area contributed by atoms with Gasteiger partial charge in [-0.15, -0.1) is 0 Å². The van der Waals surface area contributed by atoms with E-state index < -0.39 is 29.0 Å². The number of rotatable bonds is 3. The summed E-state index contributed by atoms with van der Waals surface area (Å²) in [4.78, 5) is 21.6. The van der Waals surface area contributed by atoms with Crippen LogP contribution in [-0.4, -0.2) is 15.5 Å². The molecule has 0 saturated heterocycles. The van der Waals surface area contributed by atoms with Gasteiger partial charge in [0.1, 0.15) is 10.6 Å². The molecular formula is C18H13F4N3OS. The highest BCUT2D eigenvalue weighted by Crippen LogP contribution is 2.33. The van der Waals surface area contributed by atoms with Crippen LogP contribution in [-0.2, 0) is 12.7 Å². The number of hydrogen-bond donors (Lipinski definition) is 0. The maximum Gasteiger partial charge on any atom is 0.419 e. The first-order valence-corrected chi connectivity index (χ1v) is 9.05. The van der Waals surface area contributed by atoms with Gasteiger partial charge in [-0.3, -0.25) is 4.79 Å². The molecule has 9 heteroatoms. The van der Waals surface area contributed by atoms with Crippen LogP contribution in [0.4, 0.5) is 17.6 Å². The summed E-state index contributed by atoms with van der Waals surface area (Å²) in [6.07, 6.45) is -1.13. The highest BCUT2D eigenvalue weighted by Gasteiger charge is 2.35. The van der Waals surface area contributed by atoms with Crippen LogP contribution in [0.3, 0.4) is 0 Å². The van der Waals surface area contributed by atoms with E-state index >= 15 is 0 Å². The van der Waals surface area contributed by atoms with E-state index in [1.165, 1.54) is 0 Å². The Hall–Kier alpha value is -2.55. The highest BCUT2D eigenvalue weighted by atomic mass is 32.1. The van der Waals surface area contributed by atoms with Gasteiger partial charge in [0.05, 0.1) is 16.6 Å². The van der Waals surface area contributed by atoms with Gasteiger partial charge in [-0.2, -0.15) is 18.2 Å². The molecule has 4 nitrogen and oxygen atoms in total. The predicted molar refractivity (Wildman–Crippen MR) is 91.6 cm³/mol. The Kier molecular flexibility index (Phi) is 4.33. The summed E-state index contributed by atoms with van der Waals surface area (Å²) in [7, 11) is 0. The Bertz CT molecular complexity index is 1100. The number of thiazole rings is 1. The second kappa shape index (κ2) is 6.56. The Balaban J connectivity index is 1.81. The lowest BCUT2D eigenvalue weighted by Gasteiger charge is -2.09. The minimum atomic E-state index is -4.88. The standard InChI is InChI=1S/C18H13F4N3OS/c19-14-11(3-1-4-12(14)18(20,21)22)15(26)24-17-25(9-10-6-7-10)13-5-2-8-23-16(13)27-17/h1-5,8,10H,6-7,9H2/b24-17-. The Morgan fingerprint density at radius 2 is 2.04 bits per heavy atom. The Morgan fingerprint density at radius 1 is 1.26 bits per heavy atom. The van der Waals surface area contributed by atoms with Crippen molar-refractivity contribution in [1.82, 2.24) is 9.55 Å². The van der Waals surface area contributed by atoms with Gasteiger partial charge in [0.15, 0.2) is 4.80 Å². The molecule has 1 aliphatic rings. The largest absolute Gasteiger partial charge is 0.419 e. The summed E-state index contributed by atoms with van der Waals surface area (Å²) in [6.45, 7) is 0.642. The fraction of sp³-hybridized carbons (Fsp3) is 0.278. The summed E-state index contributed by atoms with van der Waals surface area (Å²) < 4.78 is 54.7. The predicted octanol–water partition coefficient (Wildman–Crippen LogP) is 4.41. The molecule has 1 fully saturated rings. The van der Waals surface area contributed by atoms with Crippen molar-refractivity contribution >= 4 is 27.6 Å². The zero-order chi connectivity index (χ0) is 19.2. The van der Waals surface area contributed by atoms with Crippen LogP contribution in [0.2, 0.25) is 0 Å². The first-order valence-electron chi connectivity index (χ1n) is 8.23. The number of hydrogen-bond acceptors (Lipinski definition) is 3. The molecule has 0 spiro atoms. The average Bonchev–Trinajstić information content (AvgIpc) is 3.36. The third kappa shape index (κ3) is 3.51. The number of carbonyl (C=O) groups excluding carboxylic acids is 1. The summed E-state index contributed by atoms with van der Waals surface area (Å²) in [5.41, 5.74) is -1.38. The minimum absolute atomic E-state index is 0.303. The SMILES string of the molecule is O=C(/N=c1\sc2ncccc2n1CC1CC1)c1cccc(C(F)(F)F)c1F. The number of aromatic nitrogens is 2. The summed E-state index contributed by atoms with van der Waals surface area (Å²) in [5.74, 6) is -2.18. The van der Waals surface area contributed by atoms with Gasteiger partial charge in [0, 0.05) is 12.7 Å². The number of pyridine rings is 1. The molecule has 1 aromatic carbocycles. The van der Waals surface area contributed by atoms with Gasteiger partial charge in [-0.25, -0.2) is 9.37 Å². The van der Waals surface area contributed by atoms with Gasteiger partial charge in [-0.05, 0) is 43.0 Å². The number of fused-ring (bicyclic) bond motifs is 1. The second-order valence-corrected chi connectivity index (χ2v) is 7.30. The molecule has 0 unspecified atom stereocenters.